The lowest BCUT2D eigenvalue weighted by molar-refractivity contribution is 0.00578. The fourth-order valence-electron chi connectivity index (χ4n) is 2.70. The second-order valence-electron chi connectivity index (χ2n) is 9.26. The van der Waals surface area contributed by atoms with Crippen molar-refractivity contribution in [3.63, 3.8) is 0 Å². The smallest absolute Gasteiger partial charge is 0.444 e. The van der Waals surface area contributed by atoms with Crippen molar-refractivity contribution in [1.82, 2.24) is 5.32 Å². The van der Waals surface area contributed by atoms with E-state index in [0.717, 1.165) is 5.46 Å². The highest BCUT2D eigenvalue weighted by Gasteiger charge is 2.51. The van der Waals surface area contributed by atoms with Crippen LogP contribution in [0.1, 0.15) is 54.9 Å². The van der Waals surface area contributed by atoms with Crippen molar-refractivity contribution in [3.8, 4) is 0 Å². The van der Waals surface area contributed by atoms with Gasteiger partial charge in [0.05, 0.1) is 21.9 Å². The lowest BCUT2D eigenvalue weighted by atomic mass is 9.79. The average Bonchev–Trinajstić information content (AvgIpc) is 2.78. The molecule has 1 aliphatic rings. The van der Waals surface area contributed by atoms with Crippen LogP contribution in [0, 0.1) is 0 Å². The van der Waals surface area contributed by atoms with E-state index >= 15 is 0 Å². The second-order valence-corrected chi connectivity index (χ2v) is 11.4. The van der Waals surface area contributed by atoms with Crippen LogP contribution < -0.4 is 10.8 Å². The number of carbonyl (C=O) groups excluding carboxylic acids is 1. The lowest BCUT2D eigenvalue weighted by Crippen LogP contribution is -2.41. The van der Waals surface area contributed by atoms with Gasteiger partial charge in [0.2, 0.25) is 0 Å². The molecule has 0 saturated carbocycles. The largest absolute Gasteiger partial charge is 0.494 e. The van der Waals surface area contributed by atoms with E-state index in [1.807, 2.05) is 27.7 Å². The first-order valence-electron chi connectivity index (χ1n) is 9.78. The third-order valence-corrected chi connectivity index (χ3v) is 6.84. The molecule has 1 heterocycles. The first-order valence-corrected chi connectivity index (χ1v) is 11.4. The number of sulfone groups is 1. The maximum Gasteiger partial charge on any atom is 0.494 e. The Morgan fingerprint density at radius 1 is 1.07 bits per heavy atom. The molecule has 0 unspecified atom stereocenters. The average molecular weight is 425 g/mol. The van der Waals surface area contributed by atoms with E-state index in [-0.39, 0.29) is 17.2 Å². The van der Waals surface area contributed by atoms with E-state index in [0.29, 0.717) is 6.42 Å². The first-order chi connectivity index (χ1) is 13.1. The van der Waals surface area contributed by atoms with Crippen molar-refractivity contribution < 1.29 is 27.3 Å². The van der Waals surface area contributed by atoms with Gasteiger partial charge in [0.25, 0.3) is 0 Å². The lowest BCUT2D eigenvalue weighted by Gasteiger charge is -2.32. The van der Waals surface area contributed by atoms with Gasteiger partial charge in [0, 0.05) is 6.54 Å². The minimum Gasteiger partial charge on any atom is -0.444 e. The first kappa shape index (κ1) is 23.7. The van der Waals surface area contributed by atoms with Gasteiger partial charge in [0.15, 0.2) is 9.84 Å². The van der Waals surface area contributed by atoms with E-state index in [1.165, 1.54) is 0 Å². The summed E-state index contributed by atoms with van der Waals surface area (Å²) >= 11 is 0. The Bertz CT molecular complexity index is 812. The van der Waals surface area contributed by atoms with E-state index < -0.39 is 39.9 Å². The van der Waals surface area contributed by atoms with Crippen LogP contribution in [0.2, 0.25) is 0 Å². The molecule has 1 aromatic carbocycles. The topological polar surface area (TPSA) is 90.9 Å². The number of benzene rings is 1. The monoisotopic (exact) mass is 425 g/mol. The molecule has 1 N–H and O–H groups in total. The highest BCUT2D eigenvalue weighted by molar-refractivity contribution is 7.91. The predicted octanol–water partition coefficient (Wildman–Crippen LogP) is 2.67. The van der Waals surface area contributed by atoms with Crippen molar-refractivity contribution >= 4 is 28.5 Å². The number of rotatable bonds is 6. The normalized spacial score (nSPS) is 18.5. The van der Waals surface area contributed by atoms with Crippen LogP contribution in [-0.4, -0.2) is 50.7 Å². The fraction of sp³-hybridized carbons (Fsp3) is 0.650. The summed E-state index contributed by atoms with van der Waals surface area (Å²) in [5, 5.41) is 2.57. The van der Waals surface area contributed by atoms with Crippen molar-refractivity contribution in [1.29, 1.82) is 0 Å². The molecule has 1 aromatic rings. The third kappa shape index (κ3) is 6.20. The molecule has 1 fully saturated rings. The van der Waals surface area contributed by atoms with Gasteiger partial charge in [0.1, 0.15) is 5.60 Å². The summed E-state index contributed by atoms with van der Waals surface area (Å²) in [7, 11) is -3.99. The van der Waals surface area contributed by atoms with E-state index in [1.54, 1.807) is 45.0 Å². The standard InChI is InChI=1S/C20H32BNO6S/c1-18(2,3)26-17(23)22-13-8-14-29(24,25)16-11-9-15(10-12-16)21-27-19(4,5)20(6,7)28-21/h9-12H,8,13-14H2,1-7H3,(H,22,23). The SMILES string of the molecule is CC(C)(C)OC(=O)NCCCS(=O)(=O)c1ccc(B2OC(C)(C)C(C)(C)O2)cc1. The zero-order valence-corrected chi connectivity index (χ0v) is 19.2. The number of ether oxygens (including phenoxy) is 1. The fourth-order valence-corrected chi connectivity index (χ4v) is 4.01. The highest BCUT2D eigenvalue weighted by atomic mass is 32.2. The third-order valence-electron chi connectivity index (χ3n) is 5.02. The molecule has 9 heteroatoms. The summed E-state index contributed by atoms with van der Waals surface area (Å²) in [6, 6.07) is 6.57. The number of nitrogens with one attached hydrogen (secondary N) is 1. The molecule has 29 heavy (non-hydrogen) atoms. The Morgan fingerprint density at radius 2 is 1.59 bits per heavy atom. The van der Waals surface area contributed by atoms with Gasteiger partial charge in [-0.25, -0.2) is 13.2 Å². The molecule has 7 nitrogen and oxygen atoms in total. The van der Waals surface area contributed by atoms with Crippen molar-refractivity contribution in [3.05, 3.63) is 24.3 Å². The van der Waals surface area contributed by atoms with Crippen LogP contribution in [0.5, 0.6) is 0 Å². The Hall–Kier alpha value is -1.58. The highest BCUT2D eigenvalue weighted by Crippen LogP contribution is 2.36. The van der Waals surface area contributed by atoms with E-state index in [9.17, 15) is 13.2 Å². The van der Waals surface area contributed by atoms with Gasteiger partial charge in [-0.1, -0.05) is 12.1 Å². The number of hydrogen-bond donors (Lipinski definition) is 1. The Kier molecular flexibility index (Phi) is 6.77. The zero-order chi connectivity index (χ0) is 22.1. The van der Waals surface area contributed by atoms with Gasteiger partial charge in [-0.2, -0.15) is 0 Å². The summed E-state index contributed by atoms with van der Waals surface area (Å²) < 4.78 is 42.2. The van der Waals surface area contributed by atoms with Crippen LogP contribution in [0.3, 0.4) is 0 Å². The quantitative estimate of drug-likeness (QED) is 0.557. The minimum atomic E-state index is -3.45. The summed E-state index contributed by atoms with van der Waals surface area (Å²) in [6.07, 6.45) is -0.262. The maximum absolute atomic E-state index is 12.5. The zero-order valence-electron chi connectivity index (χ0n) is 18.4. The summed E-state index contributed by atoms with van der Waals surface area (Å²) in [5.74, 6) is -0.0708. The summed E-state index contributed by atoms with van der Waals surface area (Å²) in [6.45, 7) is 13.4. The molecule has 1 amide bonds. The van der Waals surface area contributed by atoms with Crippen molar-refractivity contribution in [2.75, 3.05) is 12.3 Å². The van der Waals surface area contributed by atoms with Crippen LogP contribution in [0.4, 0.5) is 4.79 Å². The second kappa shape index (κ2) is 8.28. The molecule has 1 aliphatic heterocycles. The number of alkyl carbamates (subject to hydrolysis) is 1. The molecule has 1 saturated heterocycles. The van der Waals surface area contributed by atoms with E-state index in [4.69, 9.17) is 14.0 Å². The summed E-state index contributed by atoms with van der Waals surface area (Å²) in [5.41, 5.74) is -0.725. The van der Waals surface area contributed by atoms with Gasteiger partial charge in [-0.3, -0.25) is 0 Å². The van der Waals surface area contributed by atoms with Gasteiger partial charge < -0.3 is 19.4 Å². The summed E-state index contributed by atoms with van der Waals surface area (Å²) in [4.78, 5) is 11.8. The van der Waals surface area contributed by atoms with Crippen LogP contribution >= 0.6 is 0 Å². The van der Waals surface area contributed by atoms with Gasteiger partial charge >= 0.3 is 13.2 Å². The molecular weight excluding hydrogens is 393 g/mol. The maximum atomic E-state index is 12.5. The molecule has 0 aliphatic carbocycles. The van der Waals surface area contributed by atoms with Crippen LogP contribution in [0.25, 0.3) is 0 Å². The molecule has 162 valence electrons. The van der Waals surface area contributed by atoms with E-state index in [2.05, 4.69) is 5.32 Å². The van der Waals surface area contributed by atoms with Crippen molar-refractivity contribution in [2.24, 2.45) is 0 Å². The van der Waals surface area contributed by atoms with Crippen LogP contribution in [-0.2, 0) is 23.9 Å². The van der Waals surface area contributed by atoms with Crippen LogP contribution in [0.15, 0.2) is 29.2 Å². The molecule has 0 aromatic heterocycles. The molecule has 0 spiro atoms. The molecule has 0 radical (unpaired) electrons. The Morgan fingerprint density at radius 3 is 2.07 bits per heavy atom. The Labute approximate surface area is 174 Å². The Balaban J connectivity index is 1.91. The number of carbonyl (C=O) groups is 1. The molecule has 2 rings (SSSR count). The van der Waals surface area contributed by atoms with Gasteiger partial charge in [-0.15, -0.1) is 0 Å². The molecular formula is C20H32BNO6S. The van der Waals surface area contributed by atoms with Gasteiger partial charge in [-0.05, 0) is 72.5 Å². The van der Waals surface area contributed by atoms with Crippen molar-refractivity contribution in [2.45, 2.75) is 76.6 Å². The predicted molar refractivity (Wildman–Crippen MR) is 113 cm³/mol. The number of amides is 1. The molecule has 0 atom stereocenters. The minimum absolute atomic E-state index is 0.0708. The number of hydrogen-bond acceptors (Lipinski definition) is 6. The molecule has 0 bridgehead atoms.